The van der Waals surface area contributed by atoms with Gasteiger partial charge in [-0.1, -0.05) is 27.7 Å². The highest BCUT2D eigenvalue weighted by molar-refractivity contribution is 7.12. The van der Waals surface area contributed by atoms with Gasteiger partial charge in [0.15, 0.2) is 0 Å². The Morgan fingerprint density at radius 2 is 2.15 bits per heavy atom. The topological polar surface area (TPSA) is 15.3 Å². The van der Waals surface area contributed by atoms with E-state index in [2.05, 4.69) is 50.9 Å². The fraction of sp³-hybridized carbons (Fsp3) is 0.765. The molecule has 2 nitrogen and oxygen atoms in total. The summed E-state index contributed by atoms with van der Waals surface area (Å²) < 4.78 is 0. The van der Waals surface area contributed by atoms with E-state index in [0.717, 1.165) is 25.6 Å². The van der Waals surface area contributed by atoms with Gasteiger partial charge >= 0.3 is 0 Å². The maximum Gasteiger partial charge on any atom is 0.0300 e. The predicted octanol–water partition coefficient (Wildman–Crippen LogP) is 4.03. The van der Waals surface area contributed by atoms with Crippen molar-refractivity contribution in [2.24, 2.45) is 11.3 Å². The van der Waals surface area contributed by atoms with Crippen molar-refractivity contribution in [2.45, 2.75) is 54.1 Å². The molecule has 0 amide bonds. The van der Waals surface area contributed by atoms with Gasteiger partial charge in [0, 0.05) is 29.4 Å². The summed E-state index contributed by atoms with van der Waals surface area (Å²) in [6.07, 6.45) is 1.33. The third-order valence-electron chi connectivity index (χ3n) is 4.07. The lowest BCUT2D eigenvalue weighted by Crippen LogP contribution is -2.22. The van der Waals surface area contributed by atoms with Gasteiger partial charge in [-0.15, -0.1) is 11.3 Å². The minimum atomic E-state index is 0.506. The van der Waals surface area contributed by atoms with Crippen LogP contribution in [0.4, 0.5) is 0 Å². The van der Waals surface area contributed by atoms with Crippen molar-refractivity contribution in [3.8, 4) is 0 Å². The van der Waals surface area contributed by atoms with E-state index in [9.17, 15) is 0 Å². The summed E-state index contributed by atoms with van der Waals surface area (Å²) in [6.45, 7) is 17.3. The van der Waals surface area contributed by atoms with Gasteiger partial charge in [0.25, 0.3) is 0 Å². The highest BCUT2D eigenvalue weighted by Crippen LogP contribution is 2.31. The molecule has 3 heteroatoms. The van der Waals surface area contributed by atoms with Gasteiger partial charge < -0.3 is 5.32 Å². The average molecular weight is 295 g/mol. The molecular weight excluding hydrogens is 264 g/mol. The molecule has 0 aromatic carbocycles. The van der Waals surface area contributed by atoms with Gasteiger partial charge in [0.2, 0.25) is 0 Å². The molecule has 1 aromatic rings. The summed E-state index contributed by atoms with van der Waals surface area (Å²) >= 11 is 1.96. The maximum atomic E-state index is 3.55. The summed E-state index contributed by atoms with van der Waals surface area (Å²) in [5.74, 6) is 0.724. The molecule has 0 unspecified atom stereocenters. The fourth-order valence-electron chi connectivity index (χ4n) is 2.92. The molecule has 1 aromatic heterocycles. The van der Waals surface area contributed by atoms with Gasteiger partial charge in [-0.25, -0.2) is 0 Å². The first-order chi connectivity index (χ1) is 9.35. The predicted molar refractivity (Wildman–Crippen MR) is 89.3 cm³/mol. The summed E-state index contributed by atoms with van der Waals surface area (Å²) in [7, 11) is 0. The minimum Gasteiger partial charge on any atom is -0.312 e. The molecular formula is C17H30N2S. The van der Waals surface area contributed by atoms with E-state index >= 15 is 0 Å². The molecule has 2 rings (SSSR count). The number of aryl methyl sites for hydroxylation is 1. The van der Waals surface area contributed by atoms with Crippen molar-refractivity contribution >= 4 is 11.3 Å². The lowest BCUT2D eigenvalue weighted by Gasteiger charge is -2.19. The van der Waals surface area contributed by atoms with Crippen molar-refractivity contribution in [3.63, 3.8) is 0 Å². The van der Waals surface area contributed by atoms with Crippen LogP contribution in [0.1, 0.15) is 49.4 Å². The largest absolute Gasteiger partial charge is 0.312 e. The van der Waals surface area contributed by atoms with E-state index in [-0.39, 0.29) is 0 Å². The second-order valence-electron chi connectivity index (χ2n) is 7.44. The Morgan fingerprint density at radius 3 is 2.75 bits per heavy atom. The van der Waals surface area contributed by atoms with Crippen molar-refractivity contribution < 1.29 is 0 Å². The van der Waals surface area contributed by atoms with Crippen LogP contribution in [0.3, 0.4) is 0 Å². The molecule has 1 fully saturated rings. The second kappa shape index (κ2) is 6.59. The Morgan fingerprint density at radius 1 is 1.40 bits per heavy atom. The first kappa shape index (κ1) is 16.0. The second-order valence-corrected chi connectivity index (χ2v) is 8.78. The van der Waals surface area contributed by atoms with Gasteiger partial charge in [0.05, 0.1) is 0 Å². The van der Waals surface area contributed by atoms with Crippen LogP contribution in [-0.2, 0) is 13.1 Å². The molecule has 1 aliphatic rings. The molecule has 2 heterocycles. The molecule has 0 atom stereocenters. The summed E-state index contributed by atoms with van der Waals surface area (Å²) in [5.41, 5.74) is 2.04. The van der Waals surface area contributed by atoms with Gasteiger partial charge in [-0.2, -0.15) is 0 Å². The van der Waals surface area contributed by atoms with E-state index < -0.39 is 0 Å². The van der Waals surface area contributed by atoms with E-state index in [1.807, 2.05) is 11.3 Å². The molecule has 1 saturated heterocycles. The van der Waals surface area contributed by atoms with E-state index in [1.54, 1.807) is 0 Å². The first-order valence-electron chi connectivity index (χ1n) is 7.87. The molecule has 1 aliphatic heterocycles. The smallest absolute Gasteiger partial charge is 0.0300 e. The molecule has 1 N–H and O–H groups in total. The Balaban J connectivity index is 1.88. The number of rotatable bonds is 6. The van der Waals surface area contributed by atoms with Crippen LogP contribution in [0.5, 0.6) is 0 Å². The number of thiophene rings is 1. The van der Waals surface area contributed by atoms with E-state index in [0.29, 0.717) is 5.41 Å². The van der Waals surface area contributed by atoms with Crippen LogP contribution in [0.15, 0.2) is 6.07 Å². The summed E-state index contributed by atoms with van der Waals surface area (Å²) in [4.78, 5) is 5.59. The standard InChI is InChI=1S/C17H30N2S/c1-13(2)9-18-10-16-8-15(14(3)20-16)11-19-7-6-17(4,5)12-19/h8,13,18H,6-7,9-12H2,1-5H3. The molecule has 0 saturated carbocycles. The Labute approximate surface area is 128 Å². The average Bonchev–Trinajstić information content (AvgIpc) is 2.83. The number of nitrogens with one attached hydrogen (secondary N) is 1. The van der Waals surface area contributed by atoms with Crippen LogP contribution in [-0.4, -0.2) is 24.5 Å². The molecule has 114 valence electrons. The molecule has 0 aliphatic carbocycles. The van der Waals surface area contributed by atoms with Crippen LogP contribution in [0.25, 0.3) is 0 Å². The van der Waals surface area contributed by atoms with Crippen LogP contribution < -0.4 is 5.32 Å². The number of hydrogen-bond acceptors (Lipinski definition) is 3. The fourth-order valence-corrected chi connectivity index (χ4v) is 3.94. The van der Waals surface area contributed by atoms with Gasteiger partial charge in [-0.3, -0.25) is 4.90 Å². The Kier molecular flexibility index (Phi) is 5.27. The molecule has 20 heavy (non-hydrogen) atoms. The number of hydrogen-bond donors (Lipinski definition) is 1. The van der Waals surface area contributed by atoms with Crippen LogP contribution >= 0.6 is 11.3 Å². The van der Waals surface area contributed by atoms with Crippen LogP contribution in [0, 0.1) is 18.3 Å². The third kappa shape index (κ3) is 4.57. The highest BCUT2D eigenvalue weighted by Gasteiger charge is 2.29. The zero-order chi connectivity index (χ0) is 14.8. The molecule has 0 radical (unpaired) electrons. The Bertz CT molecular complexity index is 434. The number of likely N-dealkylation sites (tertiary alicyclic amines) is 1. The third-order valence-corrected chi connectivity index (χ3v) is 5.17. The zero-order valence-corrected chi connectivity index (χ0v) is 14.6. The van der Waals surface area contributed by atoms with E-state index in [4.69, 9.17) is 0 Å². The van der Waals surface area contributed by atoms with E-state index in [1.165, 1.54) is 34.8 Å². The zero-order valence-electron chi connectivity index (χ0n) is 13.8. The lowest BCUT2D eigenvalue weighted by molar-refractivity contribution is 0.284. The quantitative estimate of drug-likeness (QED) is 0.852. The monoisotopic (exact) mass is 294 g/mol. The van der Waals surface area contributed by atoms with Gasteiger partial charge in [-0.05, 0) is 49.4 Å². The van der Waals surface area contributed by atoms with Crippen molar-refractivity contribution in [1.82, 2.24) is 10.2 Å². The minimum absolute atomic E-state index is 0.506. The highest BCUT2D eigenvalue weighted by atomic mass is 32.1. The number of nitrogens with zero attached hydrogens (tertiary/aromatic N) is 1. The van der Waals surface area contributed by atoms with Crippen LogP contribution in [0.2, 0.25) is 0 Å². The molecule has 0 bridgehead atoms. The maximum absolute atomic E-state index is 3.55. The van der Waals surface area contributed by atoms with Gasteiger partial charge in [0.1, 0.15) is 0 Å². The van der Waals surface area contributed by atoms with Crippen molar-refractivity contribution in [1.29, 1.82) is 0 Å². The lowest BCUT2D eigenvalue weighted by atomic mass is 9.93. The van der Waals surface area contributed by atoms with Crippen molar-refractivity contribution in [3.05, 3.63) is 21.4 Å². The summed E-state index contributed by atoms with van der Waals surface area (Å²) in [6, 6.07) is 2.42. The molecule has 0 spiro atoms. The Hall–Kier alpha value is -0.380. The summed E-state index contributed by atoms with van der Waals surface area (Å²) in [5, 5.41) is 3.55. The van der Waals surface area contributed by atoms with Crippen molar-refractivity contribution in [2.75, 3.05) is 19.6 Å². The first-order valence-corrected chi connectivity index (χ1v) is 8.69. The normalized spacial score (nSPS) is 19.1. The SMILES string of the molecule is Cc1sc(CNCC(C)C)cc1CN1CCC(C)(C)C1.